The third-order valence-electron chi connectivity index (χ3n) is 0. The van der Waals surface area contributed by atoms with Crippen molar-refractivity contribution in [2.45, 2.75) is 0 Å². The van der Waals surface area contributed by atoms with Gasteiger partial charge in [-0.25, -0.2) is 0 Å². The molecule has 0 saturated heterocycles. The number of hydrogen-bond donors (Lipinski definition) is 0. The standard InChI is InChI=1S/Co.Mg.Ni.H2O.W.2H/h;;;1H2;;;. The van der Waals surface area contributed by atoms with Gasteiger partial charge in [0.15, 0.2) is 0 Å². The molecule has 0 aliphatic heterocycles. The van der Waals surface area contributed by atoms with Crippen LogP contribution >= 0.6 is 0 Å². The quantitative estimate of drug-likeness (QED) is 0.467. The second-order valence-electron chi connectivity index (χ2n) is 0. The fourth-order valence-corrected chi connectivity index (χ4v) is 0. The Kier molecular flexibility index (Phi) is 338. The van der Waals surface area contributed by atoms with E-state index in [1.807, 2.05) is 0 Å². The van der Waals surface area contributed by atoms with E-state index in [9.17, 15) is 0 Å². The molecular weight excluding hydrogens is 342 g/mol. The summed E-state index contributed by atoms with van der Waals surface area (Å²) in [7, 11) is 0. The van der Waals surface area contributed by atoms with Crippen molar-refractivity contribution in [1.82, 2.24) is 0 Å². The molecule has 0 saturated carbocycles. The van der Waals surface area contributed by atoms with Crippen molar-refractivity contribution < 1.29 is 59.8 Å². The Balaban J connectivity index is 0. The predicted octanol–water partition coefficient (Wildman–Crippen LogP) is -1.75. The van der Waals surface area contributed by atoms with E-state index < -0.39 is 0 Å². The molecule has 0 unspecified atom stereocenters. The monoisotopic (exact) mass is 345 g/mol. The third-order valence-corrected chi connectivity index (χ3v) is 0. The SMILES string of the molecule is O.[Co].[MgH2].[Ni].[W]. The van der Waals surface area contributed by atoms with E-state index >= 15 is 0 Å². The van der Waals surface area contributed by atoms with Gasteiger partial charge in [-0.1, -0.05) is 0 Å². The summed E-state index contributed by atoms with van der Waals surface area (Å²) in [6.07, 6.45) is 0. The van der Waals surface area contributed by atoms with Crippen LogP contribution < -0.4 is 0 Å². The summed E-state index contributed by atoms with van der Waals surface area (Å²) in [6, 6.07) is 0. The van der Waals surface area contributed by atoms with Crippen LogP contribution in [0.3, 0.4) is 0 Å². The van der Waals surface area contributed by atoms with Crippen LogP contribution in [0.5, 0.6) is 0 Å². The van der Waals surface area contributed by atoms with Crippen LogP contribution in [0, 0.1) is 0 Å². The molecule has 37 valence electrons. The second-order valence-corrected chi connectivity index (χ2v) is 0. The van der Waals surface area contributed by atoms with Crippen molar-refractivity contribution in [1.29, 1.82) is 0 Å². The summed E-state index contributed by atoms with van der Waals surface area (Å²) >= 11 is 0. The molecule has 0 atom stereocenters. The largest absolute Gasteiger partial charge is 0.412 e. The van der Waals surface area contributed by atoms with Crippen molar-refractivity contribution in [3.05, 3.63) is 0 Å². The van der Waals surface area contributed by atoms with Crippen molar-refractivity contribution >= 4 is 23.1 Å². The fourth-order valence-electron chi connectivity index (χ4n) is 0. The van der Waals surface area contributed by atoms with Crippen LogP contribution in [0.2, 0.25) is 0 Å². The molecule has 5 heteroatoms. The molecule has 0 spiro atoms. The molecule has 0 aromatic carbocycles. The van der Waals surface area contributed by atoms with E-state index in [2.05, 4.69) is 0 Å². The Morgan fingerprint density at radius 3 is 1.00 bits per heavy atom. The number of hydrogen-bond acceptors (Lipinski definition) is 0. The zero-order valence-electron chi connectivity index (χ0n) is 1.56. The van der Waals surface area contributed by atoms with Gasteiger partial charge in [0.1, 0.15) is 0 Å². The first-order valence-corrected chi connectivity index (χ1v) is 0. The molecule has 5 heavy (non-hydrogen) atoms. The Bertz CT molecular complexity index is 11.6. The van der Waals surface area contributed by atoms with E-state index in [4.69, 9.17) is 0 Å². The summed E-state index contributed by atoms with van der Waals surface area (Å²) in [5, 5.41) is 0. The van der Waals surface area contributed by atoms with Crippen molar-refractivity contribution in [2.24, 2.45) is 0 Å². The smallest absolute Gasteiger partial charge is 0.316 e. The molecule has 0 rings (SSSR count). The van der Waals surface area contributed by atoms with E-state index in [-0.39, 0.29) is 82.9 Å². The fraction of sp³-hybridized carbons (Fsp3) is 0. The Labute approximate surface area is 81.9 Å². The van der Waals surface area contributed by atoms with Crippen LogP contribution in [0.25, 0.3) is 0 Å². The topological polar surface area (TPSA) is 31.5 Å². The normalized spacial score (nSPS) is 0. The van der Waals surface area contributed by atoms with E-state index in [0.29, 0.717) is 0 Å². The Morgan fingerprint density at radius 1 is 1.00 bits per heavy atom. The van der Waals surface area contributed by atoms with Gasteiger partial charge in [-0.2, -0.15) is 0 Å². The van der Waals surface area contributed by atoms with Crippen molar-refractivity contribution in [2.75, 3.05) is 0 Å². The molecule has 0 aliphatic carbocycles. The first-order valence-electron chi connectivity index (χ1n) is 0. The molecule has 2 N–H and O–H groups in total. The summed E-state index contributed by atoms with van der Waals surface area (Å²) in [5.41, 5.74) is 0. The summed E-state index contributed by atoms with van der Waals surface area (Å²) in [5.74, 6) is 0. The van der Waals surface area contributed by atoms with Crippen LogP contribution in [-0.2, 0) is 54.3 Å². The van der Waals surface area contributed by atoms with E-state index in [0.717, 1.165) is 0 Å². The van der Waals surface area contributed by atoms with Gasteiger partial charge >= 0.3 is 23.1 Å². The molecule has 0 aromatic heterocycles. The maximum absolute atomic E-state index is 0. The molecule has 0 amide bonds. The average molecular weight is 346 g/mol. The zero-order valence-corrected chi connectivity index (χ0v) is 6.52. The van der Waals surface area contributed by atoms with Gasteiger partial charge in [0.25, 0.3) is 0 Å². The van der Waals surface area contributed by atoms with Gasteiger partial charge in [-0.05, 0) is 0 Å². The zero-order chi connectivity index (χ0) is 0. The first kappa shape index (κ1) is 52.3. The summed E-state index contributed by atoms with van der Waals surface area (Å²) in [4.78, 5) is 0. The molecule has 0 aliphatic rings. The summed E-state index contributed by atoms with van der Waals surface area (Å²) < 4.78 is 0. The van der Waals surface area contributed by atoms with Gasteiger partial charge in [0.2, 0.25) is 0 Å². The molecule has 1 radical (unpaired) electrons. The minimum absolute atomic E-state index is 0. The van der Waals surface area contributed by atoms with Crippen molar-refractivity contribution in [3.8, 4) is 0 Å². The van der Waals surface area contributed by atoms with Gasteiger partial charge in [0.05, 0.1) is 0 Å². The van der Waals surface area contributed by atoms with E-state index in [1.54, 1.807) is 0 Å². The van der Waals surface area contributed by atoms with E-state index in [1.165, 1.54) is 0 Å². The number of rotatable bonds is 0. The molecular formula is H4CoMgNiOW. The van der Waals surface area contributed by atoms with Gasteiger partial charge in [-0.3, -0.25) is 0 Å². The third kappa shape index (κ3) is 21.4. The molecule has 0 fully saturated rings. The summed E-state index contributed by atoms with van der Waals surface area (Å²) in [6.45, 7) is 0. The van der Waals surface area contributed by atoms with Gasteiger partial charge in [-0.15, -0.1) is 0 Å². The van der Waals surface area contributed by atoms with Crippen LogP contribution in [-0.4, -0.2) is 28.5 Å². The van der Waals surface area contributed by atoms with Crippen LogP contribution in [0.4, 0.5) is 0 Å². The molecule has 1 nitrogen and oxygen atoms in total. The Hall–Kier alpha value is 2.41. The molecule has 0 heterocycles. The minimum Gasteiger partial charge on any atom is -0.412 e. The first-order chi connectivity index (χ1) is 0. The second kappa shape index (κ2) is 32.3. The van der Waals surface area contributed by atoms with Crippen LogP contribution in [0.1, 0.15) is 0 Å². The average Bonchev–Trinajstić information content (AvgIpc) is 0. The maximum Gasteiger partial charge on any atom is 0.316 e. The minimum atomic E-state index is 0. The van der Waals surface area contributed by atoms with Gasteiger partial charge in [0, 0.05) is 54.3 Å². The van der Waals surface area contributed by atoms with Gasteiger partial charge < -0.3 is 5.48 Å². The maximum atomic E-state index is 0. The van der Waals surface area contributed by atoms with Crippen LogP contribution in [0.15, 0.2) is 0 Å². The van der Waals surface area contributed by atoms with Crippen molar-refractivity contribution in [3.63, 3.8) is 0 Å². The predicted molar refractivity (Wildman–Crippen MR) is 12.2 cm³/mol. The molecule has 0 aromatic rings. The molecule has 0 bridgehead atoms. The Morgan fingerprint density at radius 2 is 1.00 bits per heavy atom.